The first kappa shape index (κ1) is 14.9. The Bertz CT molecular complexity index is 435. The molecule has 0 unspecified atom stereocenters. The van der Waals surface area contributed by atoms with Crippen LogP contribution in [0, 0.1) is 0 Å². The van der Waals surface area contributed by atoms with Crippen molar-refractivity contribution in [3.63, 3.8) is 0 Å². The van der Waals surface area contributed by atoms with Gasteiger partial charge in [0, 0.05) is 18.4 Å². The van der Waals surface area contributed by atoms with Gasteiger partial charge in [0.1, 0.15) is 12.3 Å². The minimum atomic E-state index is 0.944. The maximum Gasteiger partial charge on any atom is 0.119 e. The first-order valence-corrected chi connectivity index (χ1v) is 8.66. The average molecular weight is 290 g/mol. The molecule has 3 rings (SSSR count). The molecule has 0 atom stereocenters. The van der Waals surface area contributed by atoms with Crippen LogP contribution in [0.2, 0.25) is 0 Å². The first-order valence-electron chi connectivity index (χ1n) is 8.66. The topological polar surface area (TPSA) is 18.1 Å². The molecule has 2 heterocycles. The molecule has 2 N–H and O–H groups in total. The number of ether oxygens (including phenoxy) is 1. The van der Waals surface area contributed by atoms with Crippen LogP contribution in [0.25, 0.3) is 0 Å². The van der Waals surface area contributed by atoms with Gasteiger partial charge in [-0.05, 0) is 31.4 Å². The lowest BCUT2D eigenvalue weighted by atomic mass is 9.99. The van der Waals surface area contributed by atoms with Gasteiger partial charge in [-0.25, -0.2) is 0 Å². The third kappa shape index (κ3) is 3.98. The Morgan fingerprint density at radius 3 is 2.52 bits per heavy atom. The zero-order chi connectivity index (χ0) is 14.5. The lowest BCUT2D eigenvalue weighted by Crippen LogP contribution is -3.20. The van der Waals surface area contributed by atoms with Crippen molar-refractivity contribution in [1.82, 2.24) is 0 Å². The Balaban J connectivity index is 1.48. The predicted molar refractivity (Wildman–Crippen MR) is 85.0 cm³/mol. The Hall–Kier alpha value is -1.06. The van der Waals surface area contributed by atoms with E-state index in [4.69, 9.17) is 4.74 Å². The quantitative estimate of drug-likeness (QED) is 0.817. The minimum absolute atomic E-state index is 0.944. The predicted octanol–water partition coefficient (Wildman–Crippen LogP) is 0.311. The van der Waals surface area contributed by atoms with Crippen molar-refractivity contribution in [2.45, 2.75) is 44.7 Å². The summed E-state index contributed by atoms with van der Waals surface area (Å²) < 4.78 is 5.33. The lowest BCUT2D eigenvalue weighted by Gasteiger charge is -2.36. The summed E-state index contributed by atoms with van der Waals surface area (Å²) >= 11 is 0. The highest BCUT2D eigenvalue weighted by atomic mass is 16.5. The third-order valence-electron chi connectivity index (χ3n) is 5.35. The summed E-state index contributed by atoms with van der Waals surface area (Å²) in [6.07, 6.45) is 7.19. The average Bonchev–Trinajstić information content (AvgIpc) is 2.56. The lowest BCUT2D eigenvalue weighted by molar-refractivity contribution is -0.965. The van der Waals surface area contributed by atoms with Crippen molar-refractivity contribution in [3.05, 3.63) is 29.8 Å². The molecule has 21 heavy (non-hydrogen) atoms. The van der Waals surface area contributed by atoms with Crippen molar-refractivity contribution in [2.75, 3.05) is 33.3 Å². The van der Waals surface area contributed by atoms with Crippen LogP contribution in [0.15, 0.2) is 24.3 Å². The minimum Gasteiger partial charge on any atom is -0.497 e. The SMILES string of the molecule is COc1cccc(C[NH+]2CCC([NH+]3CCCCC3)CC2)c1. The van der Waals surface area contributed by atoms with Crippen LogP contribution < -0.4 is 14.5 Å². The second-order valence-electron chi connectivity index (χ2n) is 6.77. The largest absolute Gasteiger partial charge is 0.497 e. The highest BCUT2D eigenvalue weighted by molar-refractivity contribution is 5.27. The van der Waals surface area contributed by atoms with E-state index in [1.54, 1.807) is 12.0 Å². The highest BCUT2D eigenvalue weighted by Crippen LogP contribution is 2.11. The molecule has 3 nitrogen and oxygen atoms in total. The van der Waals surface area contributed by atoms with E-state index in [9.17, 15) is 0 Å². The van der Waals surface area contributed by atoms with Crippen LogP contribution in [0.4, 0.5) is 0 Å². The van der Waals surface area contributed by atoms with Crippen molar-refractivity contribution in [1.29, 1.82) is 0 Å². The fourth-order valence-electron chi connectivity index (χ4n) is 4.10. The summed E-state index contributed by atoms with van der Waals surface area (Å²) in [4.78, 5) is 3.65. The van der Waals surface area contributed by atoms with E-state index in [0.29, 0.717) is 0 Å². The number of hydrogen-bond donors (Lipinski definition) is 2. The van der Waals surface area contributed by atoms with Crippen LogP contribution in [0.3, 0.4) is 0 Å². The molecule has 0 aliphatic carbocycles. The van der Waals surface area contributed by atoms with E-state index >= 15 is 0 Å². The van der Waals surface area contributed by atoms with Crippen LogP contribution in [-0.4, -0.2) is 39.3 Å². The molecule has 0 radical (unpaired) electrons. The van der Waals surface area contributed by atoms with Crippen LogP contribution >= 0.6 is 0 Å². The summed E-state index contributed by atoms with van der Waals surface area (Å²) in [7, 11) is 1.75. The van der Waals surface area contributed by atoms with Gasteiger partial charge in [0.05, 0.1) is 39.3 Å². The van der Waals surface area contributed by atoms with Crippen LogP contribution in [0.5, 0.6) is 5.75 Å². The van der Waals surface area contributed by atoms with Crippen molar-refractivity contribution in [2.24, 2.45) is 0 Å². The van der Waals surface area contributed by atoms with E-state index in [-0.39, 0.29) is 0 Å². The van der Waals surface area contributed by atoms with Crippen LogP contribution in [-0.2, 0) is 6.54 Å². The number of nitrogens with one attached hydrogen (secondary N) is 2. The molecular formula is C18H30N2O+2. The molecule has 0 aromatic heterocycles. The van der Waals surface area contributed by atoms with Gasteiger partial charge in [0.25, 0.3) is 0 Å². The molecule has 2 aliphatic rings. The summed E-state index contributed by atoms with van der Waals surface area (Å²) in [5.74, 6) is 0.986. The second kappa shape index (κ2) is 7.28. The zero-order valence-corrected chi connectivity index (χ0v) is 13.4. The third-order valence-corrected chi connectivity index (χ3v) is 5.35. The molecule has 0 bridgehead atoms. The van der Waals surface area contributed by atoms with Gasteiger partial charge in [-0.15, -0.1) is 0 Å². The van der Waals surface area contributed by atoms with Crippen LogP contribution in [0.1, 0.15) is 37.7 Å². The Labute approximate surface area is 128 Å². The molecule has 2 saturated heterocycles. The number of methoxy groups -OCH3 is 1. The van der Waals surface area contributed by atoms with Gasteiger partial charge in [-0.3, -0.25) is 0 Å². The normalized spacial score (nSPS) is 27.5. The van der Waals surface area contributed by atoms with E-state index in [1.165, 1.54) is 63.8 Å². The van der Waals surface area contributed by atoms with Gasteiger partial charge in [-0.1, -0.05) is 12.1 Å². The van der Waals surface area contributed by atoms with Gasteiger partial charge < -0.3 is 14.5 Å². The van der Waals surface area contributed by atoms with Gasteiger partial charge in [-0.2, -0.15) is 0 Å². The van der Waals surface area contributed by atoms with E-state index in [1.807, 2.05) is 11.0 Å². The van der Waals surface area contributed by atoms with E-state index in [0.717, 1.165) is 18.3 Å². The molecule has 3 heteroatoms. The Morgan fingerprint density at radius 2 is 1.81 bits per heavy atom. The molecule has 2 fully saturated rings. The molecule has 2 aliphatic heterocycles. The van der Waals surface area contributed by atoms with E-state index < -0.39 is 0 Å². The van der Waals surface area contributed by atoms with Crippen molar-refractivity contribution in [3.8, 4) is 5.75 Å². The number of piperidine rings is 2. The molecule has 0 amide bonds. The highest BCUT2D eigenvalue weighted by Gasteiger charge is 2.30. The zero-order valence-electron chi connectivity index (χ0n) is 13.4. The number of quaternary nitrogens is 2. The maximum atomic E-state index is 5.33. The number of rotatable bonds is 4. The molecule has 1 aromatic rings. The second-order valence-corrected chi connectivity index (χ2v) is 6.77. The Morgan fingerprint density at radius 1 is 1.05 bits per heavy atom. The fourth-order valence-corrected chi connectivity index (χ4v) is 4.10. The van der Waals surface area contributed by atoms with E-state index in [2.05, 4.69) is 18.2 Å². The van der Waals surface area contributed by atoms with Gasteiger partial charge in [0.15, 0.2) is 0 Å². The molecule has 0 saturated carbocycles. The number of likely N-dealkylation sites (tertiary alicyclic amines) is 2. The molecule has 1 aromatic carbocycles. The fraction of sp³-hybridized carbons (Fsp3) is 0.667. The standard InChI is InChI=1S/C18H28N2O/c1-21-18-7-5-6-16(14-18)15-19-12-8-17(9-13-19)20-10-3-2-4-11-20/h5-7,14,17H,2-4,8-13,15H2,1H3/p+2. The number of benzene rings is 1. The first-order chi connectivity index (χ1) is 10.3. The van der Waals surface area contributed by atoms with Gasteiger partial charge in [0.2, 0.25) is 0 Å². The van der Waals surface area contributed by atoms with Gasteiger partial charge >= 0.3 is 0 Å². The van der Waals surface area contributed by atoms with Crippen molar-refractivity contribution < 1.29 is 14.5 Å². The summed E-state index contributed by atoms with van der Waals surface area (Å²) in [5.41, 5.74) is 1.41. The maximum absolute atomic E-state index is 5.33. The molecule has 0 spiro atoms. The summed E-state index contributed by atoms with van der Waals surface area (Å²) in [6, 6.07) is 9.51. The Kier molecular flexibility index (Phi) is 5.15. The number of hydrogen-bond acceptors (Lipinski definition) is 1. The molecular weight excluding hydrogens is 260 g/mol. The smallest absolute Gasteiger partial charge is 0.119 e. The monoisotopic (exact) mass is 290 g/mol. The summed E-state index contributed by atoms with van der Waals surface area (Å²) in [6.45, 7) is 6.68. The summed E-state index contributed by atoms with van der Waals surface area (Å²) in [5, 5.41) is 0. The van der Waals surface area contributed by atoms with Crippen molar-refractivity contribution >= 4 is 0 Å². The molecule has 116 valence electrons.